The van der Waals surface area contributed by atoms with Crippen molar-refractivity contribution in [3.63, 3.8) is 0 Å². The standard InChI is InChI=1S/C14H19NO3/c16-10-14(17)15-8-9-18-13-7-3-5-11-4-1-2-6-12(11)13/h3,5,7,16H,1-2,4,6,8-10H2,(H,15,17). The molecule has 0 bridgehead atoms. The largest absolute Gasteiger partial charge is 0.491 e. The van der Waals surface area contributed by atoms with Crippen LogP contribution in [0.2, 0.25) is 0 Å². The summed E-state index contributed by atoms with van der Waals surface area (Å²) in [5.41, 5.74) is 2.70. The maximum Gasteiger partial charge on any atom is 0.245 e. The summed E-state index contributed by atoms with van der Waals surface area (Å²) in [7, 11) is 0. The fourth-order valence-electron chi connectivity index (χ4n) is 2.29. The summed E-state index contributed by atoms with van der Waals surface area (Å²) >= 11 is 0. The van der Waals surface area contributed by atoms with Crippen LogP contribution in [-0.4, -0.2) is 30.8 Å². The highest BCUT2D eigenvalue weighted by Crippen LogP contribution is 2.29. The molecule has 0 saturated carbocycles. The molecule has 0 spiro atoms. The average molecular weight is 249 g/mol. The van der Waals surface area contributed by atoms with Crippen molar-refractivity contribution in [1.29, 1.82) is 0 Å². The Morgan fingerprint density at radius 1 is 1.33 bits per heavy atom. The van der Waals surface area contributed by atoms with Crippen LogP contribution in [0, 0.1) is 0 Å². The predicted molar refractivity (Wildman–Crippen MR) is 68.7 cm³/mol. The quantitative estimate of drug-likeness (QED) is 0.767. The first-order chi connectivity index (χ1) is 8.81. The Morgan fingerprint density at radius 2 is 2.17 bits per heavy atom. The van der Waals surface area contributed by atoms with Gasteiger partial charge < -0.3 is 15.2 Å². The lowest BCUT2D eigenvalue weighted by molar-refractivity contribution is -0.123. The van der Waals surface area contributed by atoms with Gasteiger partial charge in [0.2, 0.25) is 5.91 Å². The van der Waals surface area contributed by atoms with Crippen LogP contribution >= 0.6 is 0 Å². The third kappa shape index (κ3) is 3.23. The van der Waals surface area contributed by atoms with Crippen LogP contribution in [0.25, 0.3) is 0 Å². The van der Waals surface area contributed by atoms with E-state index in [1.807, 2.05) is 12.1 Å². The Labute approximate surface area is 107 Å². The van der Waals surface area contributed by atoms with Crippen LogP contribution in [0.15, 0.2) is 18.2 Å². The van der Waals surface area contributed by atoms with Gasteiger partial charge in [0, 0.05) is 0 Å². The van der Waals surface area contributed by atoms with Crippen LogP contribution in [0.4, 0.5) is 0 Å². The number of hydrogen-bond acceptors (Lipinski definition) is 3. The summed E-state index contributed by atoms with van der Waals surface area (Å²) in [5, 5.41) is 11.1. The highest BCUT2D eigenvalue weighted by Gasteiger charge is 2.13. The van der Waals surface area contributed by atoms with Crippen LogP contribution in [0.3, 0.4) is 0 Å². The maximum absolute atomic E-state index is 10.8. The van der Waals surface area contributed by atoms with Gasteiger partial charge in [0.1, 0.15) is 19.0 Å². The topological polar surface area (TPSA) is 58.6 Å². The van der Waals surface area contributed by atoms with E-state index in [-0.39, 0.29) is 5.91 Å². The van der Waals surface area contributed by atoms with Crippen LogP contribution in [-0.2, 0) is 17.6 Å². The zero-order valence-electron chi connectivity index (χ0n) is 10.4. The summed E-state index contributed by atoms with van der Waals surface area (Å²) in [4.78, 5) is 10.8. The minimum atomic E-state index is -0.471. The molecule has 0 saturated heterocycles. The van der Waals surface area contributed by atoms with Crippen molar-refractivity contribution in [2.45, 2.75) is 25.7 Å². The first-order valence-corrected chi connectivity index (χ1v) is 6.42. The van der Waals surface area contributed by atoms with Crippen molar-refractivity contribution in [2.75, 3.05) is 19.8 Å². The molecule has 0 atom stereocenters. The Morgan fingerprint density at radius 3 is 3.00 bits per heavy atom. The monoisotopic (exact) mass is 249 g/mol. The zero-order valence-corrected chi connectivity index (χ0v) is 10.4. The number of aryl methyl sites for hydroxylation is 1. The molecule has 98 valence electrons. The number of aliphatic hydroxyl groups excluding tert-OH is 1. The molecule has 2 N–H and O–H groups in total. The van der Waals surface area contributed by atoms with Gasteiger partial charge in [0.05, 0.1) is 6.54 Å². The Bertz CT molecular complexity index is 418. The zero-order chi connectivity index (χ0) is 12.8. The molecule has 0 aliphatic heterocycles. The predicted octanol–water partition coefficient (Wildman–Crippen LogP) is 1.05. The number of nitrogens with one attached hydrogen (secondary N) is 1. The minimum Gasteiger partial charge on any atom is -0.491 e. The van der Waals surface area contributed by atoms with E-state index < -0.39 is 6.61 Å². The van der Waals surface area contributed by atoms with Crippen LogP contribution in [0.5, 0.6) is 5.75 Å². The minimum absolute atomic E-state index is 0.367. The second-order valence-corrected chi connectivity index (χ2v) is 4.46. The van der Waals surface area contributed by atoms with Crippen LogP contribution < -0.4 is 10.1 Å². The fourth-order valence-corrected chi connectivity index (χ4v) is 2.29. The SMILES string of the molecule is O=C(CO)NCCOc1cccc2c1CCCC2. The number of ether oxygens (including phenoxy) is 1. The summed E-state index contributed by atoms with van der Waals surface area (Å²) in [5.74, 6) is 0.569. The molecule has 1 aliphatic carbocycles. The van der Waals surface area contributed by atoms with Gasteiger partial charge in [0.25, 0.3) is 0 Å². The van der Waals surface area contributed by atoms with Gasteiger partial charge in [-0.15, -0.1) is 0 Å². The number of fused-ring (bicyclic) bond motifs is 1. The van der Waals surface area contributed by atoms with Crippen molar-refractivity contribution in [1.82, 2.24) is 5.32 Å². The van der Waals surface area contributed by atoms with Gasteiger partial charge in [-0.25, -0.2) is 0 Å². The summed E-state index contributed by atoms with van der Waals surface area (Å²) in [6.07, 6.45) is 4.68. The third-order valence-corrected chi connectivity index (χ3v) is 3.18. The third-order valence-electron chi connectivity index (χ3n) is 3.18. The van der Waals surface area contributed by atoms with Gasteiger partial charge in [-0.3, -0.25) is 4.79 Å². The molecule has 2 rings (SSSR count). The van der Waals surface area contributed by atoms with E-state index in [9.17, 15) is 4.79 Å². The van der Waals surface area contributed by atoms with Crippen molar-refractivity contribution < 1.29 is 14.6 Å². The normalized spacial score (nSPS) is 13.8. The maximum atomic E-state index is 10.8. The van der Waals surface area contributed by atoms with Crippen LogP contribution in [0.1, 0.15) is 24.0 Å². The second-order valence-electron chi connectivity index (χ2n) is 4.46. The number of benzene rings is 1. The highest BCUT2D eigenvalue weighted by atomic mass is 16.5. The van der Waals surface area contributed by atoms with Crippen molar-refractivity contribution in [3.8, 4) is 5.75 Å². The number of rotatable bonds is 5. The number of hydrogen-bond donors (Lipinski definition) is 2. The van der Waals surface area contributed by atoms with E-state index in [2.05, 4.69) is 11.4 Å². The molecular weight excluding hydrogens is 230 g/mol. The van der Waals surface area contributed by atoms with Gasteiger partial charge in [-0.05, 0) is 42.9 Å². The van der Waals surface area contributed by atoms with Crippen molar-refractivity contribution >= 4 is 5.91 Å². The second kappa shape index (κ2) is 6.40. The molecule has 0 heterocycles. The first kappa shape index (κ1) is 12.9. The summed E-state index contributed by atoms with van der Waals surface area (Å²) < 4.78 is 5.70. The van der Waals surface area contributed by atoms with Crippen molar-refractivity contribution in [3.05, 3.63) is 29.3 Å². The molecule has 1 aromatic rings. The van der Waals surface area contributed by atoms with E-state index in [1.165, 1.54) is 24.0 Å². The summed E-state index contributed by atoms with van der Waals surface area (Å²) in [6.45, 7) is 0.381. The van der Waals surface area contributed by atoms with E-state index in [1.54, 1.807) is 0 Å². The van der Waals surface area contributed by atoms with E-state index in [0.717, 1.165) is 18.6 Å². The Kier molecular flexibility index (Phi) is 4.59. The molecule has 0 fully saturated rings. The molecule has 1 aliphatic rings. The van der Waals surface area contributed by atoms with Gasteiger partial charge in [-0.1, -0.05) is 12.1 Å². The molecule has 0 unspecified atom stereocenters. The Balaban J connectivity index is 1.88. The lowest BCUT2D eigenvalue weighted by Gasteiger charge is -2.19. The molecule has 18 heavy (non-hydrogen) atoms. The number of aliphatic hydroxyl groups is 1. The Hall–Kier alpha value is -1.55. The smallest absolute Gasteiger partial charge is 0.245 e. The molecule has 0 radical (unpaired) electrons. The summed E-state index contributed by atoms with van der Waals surface area (Å²) in [6, 6.07) is 6.17. The molecule has 0 aromatic heterocycles. The lowest BCUT2D eigenvalue weighted by atomic mass is 9.91. The number of amides is 1. The highest BCUT2D eigenvalue weighted by molar-refractivity contribution is 5.76. The molecule has 4 nitrogen and oxygen atoms in total. The molecule has 4 heteroatoms. The fraction of sp³-hybridized carbons (Fsp3) is 0.500. The van der Waals surface area contributed by atoms with Crippen molar-refractivity contribution in [2.24, 2.45) is 0 Å². The van der Waals surface area contributed by atoms with Gasteiger partial charge >= 0.3 is 0 Å². The van der Waals surface area contributed by atoms with E-state index >= 15 is 0 Å². The van der Waals surface area contributed by atoms with E-state index in [0.29, 0.717) is 13.2 Å². The van der Waals surface area contributed by atoms with Gasteiger partial charge in [0.15, 0.2) is 0 Å². The number of carbonyl (C=O) groups is 1. The van der Waals surface area contributed by atoms with E-state index in [4.69, 9.17) is 9.84 Å². The first-order valence-electron chi connectivity index (χ1n) is 6.42. The lowest BCUT2D eigenvalue weighted by Crippen LogP contribution is -2.30. The molecular formula is C14H19NO3. The average Bonchev–Trinajstić information content (AvgIpc) is 2.43. The van der Waals surface area contributed by atoms with Gasteiger partial charge in [-0.2, -0.15) is 0 Å². The molecule has 1 aromatic carbocycles. The number of carbonyl (C=O) groups excluding carboxylic acids is 1. The molecule has 1 amide bonds.